The second-order valence-electron chi connectivity index (χ2n) is 6.96. The molecule has 0 radical (unpaired) electrons. The summed E-state index contributed by atoms with van der Waals surface area (Å²) in [6.45, 7) is 2.34. The minimum Gasteiger partial charge on any atom is -0.337 e. The van der Waals surface area contributed by atoms with Gasteiger partial charge in [0.1, 0.15) is 5.82 Å². The highest BCUT2D eigenvalue weighted by atomic mass is 32.2. The lowest BCUT2D eigenvalue weighted by atomic mass is 10.1. The number of halogens is 1. The molecule has 0 atom stereocenters. The number of nitrogens with one attached hydrogen (secondary N) is 1. The quantitative estimate of drug-likeness (QED) is 0.653. The molecule has 0 saturated carbocycles. The van der Waals surface area contributed by atoms with Crippen LogP contribution in [0.3, 0.4) is 0 Å². The fraction of sp³-hybridized carbons (Fsp3) is 0.190. The summed E-state index contributed by atoms with van der Waals surface area (Å²) in [6.07, 6.45) is 3.37. The van der Waals surface area contributed by atoms with Gasteiger partial charge in [0.15, 0.2) is 0 Å². The van der Waals surface area contributed by atoms with Crippen LogP contribution < -0.4 is 9.62 Å². The fourth-order valence-corrected chi connectivity index (χ4v) is 4.31. The molecule has 160 valence electrons. The fourth-order valence-electron chi connectivity index (χ4n) is 3.26. The molecule has 0 spiro atoms. The Bertz CT molecular complexity index is 1150. The smallest absolute Gasteiger partial charge is 0.261 e. The van der Waals surface area contributed by atoms with Crippen molar-refractivity contribution < 1.29 is 17.6 Å². The average Bonchev–Trinajstić information content (AvgIpc) is 2.80. The Balaban J connectivity index is 1.38. The molecule has 2 heterocycles. The van der Waals surface area contributed by atoms with Crippen molar-refractivity contribution in [1.82, 2.24) is 14.9 Å². The zero-order chi connectivity index (χ0) is 21.8. The Labute approximate surface area is 179 Å². The van der Waals surface area contributed by atoms with E-state index in [4.69, 9.17) is 0 Å². The van der Waals surface area contributed by atoms with Gasteiger partial charge in [-0.3, -0.25) is 9.52 Å². The largest absolute Gasteiger partial charge is 0.337 e. The molecule has 0 aliphatic carbocycles. The molecule has 1 fully saturated rings. The molecule has 2 aromatic carbocycles. The first kappa shape index (κ1) is 20.7. The highest BCUT2D eigenvalue weighted by molar-refractivity contribution is 7.92. The molecule has 1 aliphatic rings. The molecule has 8 nitrogen and oxygen atoms in total. The van der Waals surface area contributed by atoms with E-state index >= 15 is 0 Å². The Morgan fingerprint density at radius 1 is 0.903 bits per heavy atom. The van der Waals surface area contributed by atoms with Crippen molar-refractivity contribution in [2.45, 2.75) is 4.90 Å². The summed E-state index contributed by atoms with van der Waals surface area (Å²) in [5, 5.41) is 0. The van der Waals surface area contributed by atoms with Gasteiger partial charge in [0, 0.05) is 49.8 Å². The molecule has 4 rings (SSSR count). The van der Waals surface area contributed by atoms with E-state index in [-0.39, 0.29) is 10.8 Å². The molecule has 10 heteroatoms. The second-order valence-corrected chi connectivity index (χ2v) is 8.65. The third-order valence-electron chi connectivity index (χ3n) is 4.91. The number of benzene rings is 2. The Kier molecular flexibility index (Phi) is 5.81. The topological polar surface area (TPSA) is 95.5 Å². The molecule has 1 aliphatic heterocycles. The van der Waals surface area contributed by atoms with E-state index in [0.29, 0.717) is 43.4 Å². The summed E-state index contributed by atoms with van der Waals surface area (Å²) in [5.74, 6) is 0.00732. The highest BCUT2D eigenvalue weighted by Gasteiger charge is 2.23. The maximum atomic E-state index is 13.0. The monoisotopic (exact) mass is 441 g/mol. The predicted octanol–water partition coefficient (Wildman–Crippen LogP) is 2.38. The number of anilines is 2. The van der Waals surface area contributed by atoms with Gasteiger partial charge >= 0.3 is 0 Å². The lowest BCUT2D eigenvalue weighted by Gasteiger charge is -2.34. The molecular weight excluding hydrogens is 421 g/mol. The van der Waals surface area contributed by atoms with E-state index in [2.05, 4.69) is 14.7 Å². The van der Waals surface area contributed by atoms with Gasteiger partial charge in [0.25, 0.3) is 15.9 Å². The zero-order valence-corrected chi connectivity index (χ0v) is 17.3. The van der Waals surface area contributed by atoms with Crippen LogP contribution in [0.25, 0.3) is 0 Å². The van der Waals surface area contributed by atoms with Gasteiger partial charge in [0.2, 0.25) is 5.95 Å². The number of nitrogens with zero attached hydrogens (tertiary/aromatic N) is 4. The lowest BCUT2D eigenvalue weighted by molar-refractivity contribution is 0.0746. The van der Waals surface area contributed by atoms with E-state index in [0.717, 1.165) is 12.1 Å². The molecule has 0 bridgehead atoms. The van der Waals surface area contributed by atoms with Crippen molar-refractivity contribution in [2.24, 2.45) is 0 Å². The van der Waals surface area contributed by atoms with Crippen molar-refractivity contribution in [2.75, 3.05) is 35.8 Å². The normalized spacial score (nSPS) is 14.4. The number of aromatic nitrogens is 2. The molecule has 1 N–H and O–H groups in total. The first-order chi connectivity index (χ1) is 14.9. The number of carbonyl (C=O) groups is 1. The number of piperazine rings is 1. The summed E-state index contributed by atoms with van der Waals surface area (Å²) >= 11 is 0. The van der Waals surface area contributed by atoms with Gasteiger partial charge in [0.05, 0.1) is 4.90 Å². The summed E-state index contributed by atoms with van der Waals surface area (Å²) in [5.41, 5.74) is 0.779. The summed E-state index contributed by atoms with van der Waals surface area (Å²) < 4.78 is 40.3. The molecule has 0 unspecified atom stereocenters. The molecule has 31 heavy (non-hydrogen) atoms. The highest BCUT2D eigenvalue weighted by Crippen LogP contribution is 2.18. The molecular formula is C21H20FN5O3S. The van der Waals surface area contributed by atoms with Gasteiger partial charge < -0.3 is 9.80 Å². The number of rotatable bonds is 5. The minimum atomic E-state index is -3.85. The van der Waals surface area contributed by atoms with E-state index < -0.39 is 15.8 Å². The summed E-state index contributed by atoms with van der Waals surface area (Å²) in [7, 11) is -3.85. The van der Waals surface area contributed by atoms with Gasteiger partial charge in [-0.25, -0.2) is 22.8 Å². The Morgan fingerprint density at radius 2 is 1.52 bits per heavy atom. The molecule has 1 amide bonds. The number of hydrogen-bond donors (Lipinski definition) is 1. The zero-order valence-electron chi connectivity index (χ0n) is 16.5. The third-order valence-corrected chi connectivity index (χ3v) is 6.31. The van der Waals surface area contributed by atoms with Crippen molar-refractivity contribution in [1.29, 1.82) is 0 Å². The summed E-state index contributed by atoms with van der Waals surface area (Å²) in [6, 6.07) is 12.5. The maximum Gasteiger partial charge on any atom is 0.261 e. The third kappa shape index (κ3) is 4.80. The lowest BCUT2D eigenvalue weighted by Crippen LogP contribution is -2.49. The van der Waals surface area contributed by atoms with Crippen molar-refractivity contribution in [3.8, 4) is 0 Å². The van der Waals surface area contributed by atoms with Crippen LogP contribution in [0.1, 0.15) is 10.4 Å². The maximum absolute atomic E-state index is 13.0. The van der Waals surface area contributed by atoms with Crippen LogP contribution in [0.15, 0.2) is 71.9 Å². The van der Waals surface area contributed by atoms with Crippen LogP contribution in [-0.2, 0) is 10.0 Å². The van der Waals surface area contributed by atoms with Crippen LogP contribution in [-0.4, -0.2) is 55.4 Å². The number of carbonyl (C=O) groups excluding carboxylic acids is 1. The van der Waals surface area contributed by atoms with Crippen LogP contribution in [0.5, 0.6) is 0 Å². The van der Waals surface area contributed by atoms with E-state index in [1.54, 1.807) is 35.5 Å². The van der Waals surface area contributed by atoms with Crippen LogP contribution >= 0.6 is 0 Å². The molecule has 3 aromatic rings. The van der Waals surface area contributed by atoms with Gasteiger partial charge in [-0.1, -0.05) is 0 Å². The predicted molar refractivity (Wildman–Crippen MR) is 114 cm³/mol. The van der Waals surface area contributed by atoms with Crippen LogP contribution in [0, 0.1) is 5.82 Å². The minimum absolute atomic E-state index is 0.0469. The molecule has 1 saturated heterocycles. The number of hydrogen-bond acceptors (Lipinski definition) is 6. The van der Waals surface area contributed by atoms with Gasteiger partial charge in [-0.2, -0.15) is 0 Å². The first-order valence-electron chi connectivity index (χ1n) is 9.62. The van der Waals surface area contributed by atoms with E-state index in [1.165, 1.54) is 24.3 Å². The Morgan fingerprint density at radius 3 is 2.13 bits per heavy atom. The Hall–Kier alpha value is -3.53. The SMILES string of the molecule is O=C(c1ccc(NS(=O)(=O)c2ccc(F)cc2)cc1)N1CCN(c2ncccn2)CC1. The van der Waals surface area contributed by atoms with Crippen LogP contribution in [0.2, 0.25) is 0 Å². The van der Waals surface area contributed by atoms with E-state index in [9.17, 15) is 17.6 Å². The number of amides is 1. The van der Waals surface area contributed by atoms with Crippen LogP contribution in [0.4, 0.5) is 16.0 Å². The average molecular weight is 441 g/mol. The van der Waals surface area contributed by atoms with Gasteiger partial charge in [-0.15, -0.1) is 0 Å². The second kappa shape index (κ2) is 8.68. The first-order valence-corrected chi connectivity index (χ1v) is 11.1. The van der Waals surface area contributed by atoms with Gasteiger partial charge in [-0.05, 0) is 54.6 Å². The molecule has 1 aromatic heterocycles. The van der Waals surface area contributed by atoms with E-state index in [1.807, 2.05) is 4.90 Å². The summed E-state index contributed by atoms with van der Waals surface area (Å²) in [4.78, 5) is 25.0. The standard InChI is InChI=1S/C21H20FN5O3S/c22-17-4-8-19(9-5-17)31(29,30)25-18-6-2-16(3-7-18)20(28)26-12-14-27(15-13-26)21-23-10-1-11-24-21/h1-11,25H,12-15H2. The van der Waals surface area contributed by atoms with Crippen molar-refractivity contribution in [3.63, 3.8) is 0 Å². The number of sulfonamides is 1. The van der Waals surface area contributed by atoms with Crippen molar-refractivity contribution >= 4 is 27.6 Å². The van der Waals surface area contributed by atoms with Crippen molar-refractivity contribution in [3.05, 3.63) is 78.4 Å².